The Labute approximate surface area is 184 Å². The molecule has 4 rings (SSSR count). The van der Waals surface area contributed by atoms with Gasteiger partial charge in [0.25, 0.3) is 0 Å². The van der Waals surface area contributed by atoms with Crippen LogP contribution in [0.5, 0.6) is 0 Å². The van der Waals surface area contributed by atoms with Gasteiger partial charge in [0.1, 0.15) is 5.82 Å². The lowest BCUT2D eigenvalue weighted by molar-refractivity contribution is -0.134. The second-order valence-electron chi connectivity index (χ2n) is 8.08. The largest absolute Gasteiger partial charge is 0.341 e. The fourth-order valence-corrected chi connectivity index (χ4v) is 4.48. The van der Waals surface area contributed by atoms with E-state index in [0.717, 1.165) is 57.1 Å². The van der Waals surface area contributed by atoms with Crippen molar-refractivity contribution >= 4 is 5.91 Å². The number of hydrogen-bond acceptors (Lipinski definition) is 4. The molecule has 0 spiro atoms. The van der Waals surface area contributed by atoms with Crippen LogP contribution in [-0.4, -0.2) is 56.4 Å². The summed E-state index contributed by atoms with van der Waals surface area (Å²) in [5.74, 6) is 1.25. The minimum absolute atomic E-state index is 0.0736. The number of hydrogen-bond donors (Lipinski definition) is 0. The zero-order valence-electron chi connectivity index (χ0n) is 18.4. The standard InChI is InChI=1S/C25H31N5O/c1-3-29-14-13-27-24(29)19-28-15-16-30(4-2)25(31)22(18-28)17-21-7-5-6-8-23(21)20-9-11-26-12-10-20/h5-14,22H,3-4,15-19H2,1-2H3. The third-order valence-corrected chi connectivity index (χ3v) is 6.19. The van der Waals surface area contributed by atoms with Crippen LogP contribution in [0.1, 0.15) is 25.2 Å². The van der Waals surface area contributed by atoms with E-state index in [1.54, 1.807) is 0 Å². The van der Waals surface area contributed by atoms with Gasteiger partial charge in [0.15, 0.2) is 0 Å². The summed E-state index contributed by atoms with van der Waals surface area (Å²) < 4.78 is 2.18. The summed E-state index contributed by atoms with van der Waals surface area (Å²) in [4.78, 5) is 26.5. The maximum absolute atomic E-state index is 13.4. The van der Waals surface area contributed by atoms with E-state index in [2.05, 4.69) is 57.5 Å². The van der Waals surface area contributed by atoms with Crippen molar-refractivity contribution in [2.24, 2.45) is 5.92 Å². The molecular formula is C25H31N5O. The van der Waals surface area contributed by atoms with Gasteiger partial charge in [0, 0.05) is 57.5 Å². The van der Waals surface area contributed by atoms with Gasteiger partial charge in [-0.1, -0.05) is 24.3 Å². The number of aromatic nitrogens is 3. The van der Waals surface area contributed by atoms with Gasteiger partial charge in [0.2, 0.25) is 5.91 Å². The van der Waals surface area contributed by atoms with Crippen LogP contribution < -0.4 is 0 Å². The third kappa shape index (κ3) is 4.85. The van der Waals surface area contributed by atoms with Crippen LogP contribution in [0.4, 0.5) is 0 Å². The van der Waals surface area contributed by atoms with Gasteiger partial charge < -0.3 is 9.47 Å². The van der Waals surface area contributed by atoms with E-state index in [9.17, 15) is 4.79 Å². The molecule has 0 radical (unpaired) electrons. The van der Waals surface area contributed by atoms with Crippen LogP contribution in [0.25, 0.3) is 11.1 Å². The lowest BCUT2D eigenvalue weighted by atomic mass is 9.91. The molecule has 6 heteroatoms. The van der Waals surface area contributed by atoms with Crippen molar-refractivity contribution in [3.05, 3.63) is 72.6 Å². The van der Waals surface area contributed by atoms with Crippen molar-refractivity contribution in [1.82, 2.24) is 24.3 Å². The number of carbonyl (C=O) groups is 1. The van der Waals surface area contributed by atoms with Crippen LogP contribution >= 0.6 is 0 Å². The Morgan fingerprint density at radius 3 is 2.58 bits per heavy atom. The van der Waals surface area contributed by atoms with Crippen LogP contribution in [0.15, 0.2) is 61.2 Å². The molecule has 31 heavy (non-hydrogen) atoms. The first-order chi connectivity index (χ1) is 15.2. The van der Waals surface area contributed by atoms with Crippen molar-refractivity contribution in [2.75, 3.05) is 26.2 Å². The molecule has 162 valence electrons. The minimum atomic E-state index is -0.0736. The first-order valence-electron chi connectivity index (χ1n) is 11.2. The lowest BCUT2D eigenvalue weighted by Crippen LogP contribution is -2.37. The van der Waals surface area contributed by atoms with Crippen molar-refractivity contribution < 1.29 is 4.79 Å². The summed E-state index contributed by atoms with van der Waals surface area (Å²) in [5, 5.41) is 0. The Hall–Kier alpha value is -2.99. The first-order valence-corrected chi connectivity index (χ1v) is 11.2. The van der Waals surface area contributed by atoms with E-state index >= 15 is 0 Å². The molecular weight excluding hydrogens is 386 g/mol. The van der Waals surface area contributed by atoms with Crippen LogP contribution in [0.3, 0.4) is 0 Å². The van der Waals surface area contributed by atoms with E-state index in [0.29, 0.717) is 0 Å². The highest BCUT2D eigenvalue weighted by Crippen LogP contribution is 2.27. The van der Waals surface area contributed by atoms with Crippen molar-refractivity contribution in [3.8, 4) is 11.1 Å². The second-order valence-corrected chi connectivity index (χ2v) is 8.08. The number of imidazole rings is 1. The molecule has 1 amide bonds. The summed E-state index contributed by atoms with van der Waals surface area (Å²) in [6.07, 6.45) is 8.26. The number of benzene rings is 1. The van der Waals surface area contributed by atoms with Crippen LogP contribution in [-0.2, 0) is 24.3 Å². The second kappa shape index (κ2) is 9.88. The molecule has 6 nitrogen and oxygen atoms in total. The van der Waals surface area contributed by atoms with Gasteiger partial charge in [-0.3, -0.25) is 14.7 Å². The summed E-state index contributed by atoms with van der Waals surface area (Å²) in [5.41, 5.74) is 3.53. The predicted octanol–water partition coefficient (Wildman–Crippen LogP) is 3.49. The predicted molar refractivity (Wildman–Crippen MR) is 122 cm³/mol. The molecule has 1 aliphatic rings. The van der Waals surface area contributed by atoms with Gasteiger partial charge in [-0.05, 0) is 49.1 Å². The number of likely N-dealkylation sites (N-methyl/N-ethyl adjacent to an activating group) is 1. The maximum Gasteiger partial charge on any atom is 0.227 e. The Bertz CT molecular complexity index is 1000. The molecule has 3 heterocycles. The number of carbonyl (C=O) groups excluding carboxylic acids is 1. The van der Waals surface area contributed by atoms with E-state index in [1.165, 1.54) is 11.1 Å². The van der Waals surface area contributed by atoms with Crippen LogP contribution in [0, 0.1) is 5.92 Å². The quantitative estimate of drug-likeness (QED) is 0.591. The summed E-state index contributed by atoms with van der Waals surface area (Å²) in [6.45, 7) is 9.02. The Balaban J connectivity index is 1.59. The van der Waals surface area contributed by atoms with Crippen LogP contribution in [0.2, 0.25) is 0 Å². The van der Waals surface area contributed by atoms with E-state index < -0.39 is 0 Å². The number of aryl methyl sites for hydroxylation is 1. The van der Waals surface area contributed by atoms with E-state index in [-0.39, 0.29) is 11.8 Å². The SMILES string of the molecule is CCN1CCN(Cc2nccn2CC)CC(Cc2ccccc2-c2ccncc2)C1=O. The summed E-state index contributed by atoms with van der Waals surface area (Å²) in [6, 6.07) is 12.5. The molecule has 1 aromatic carbocycles. The van der Waals surface area contributed by atoms with Gasteiger partial charge in [-0.25, -0.2) is 4.98 Å². The maximum atomic E-state index is 13.4. The highest BCUT2D eigenvalue weighted by atomic mass is 16.2. The average Bonchev–Trinajstić information content (AvgIpc) is 3.20. The molecule has 1 fully saturated rings. The molecule has 0 bridgehead atoms. The molecule has 3 aromatic rings. The highest BCUT2D eigenvalue weighted by molar-refractivity contribution is 5.80. The molecule has 1 saturated heterocycles. The minimum Gasteiger partial charge on any atom is -0.341 e. The topological polar surface area (TPSA) is 54.3 Å². The van der Waals surface area contributed by atoms with Gasteiger partial charge in [-0.15, -0.1) is 0 Å². The number of nitrogens with zero attached hydrogens (tertiary/aromatic N) is 5. The van der Waals surface area contributed by atoms with Crippen molar-refractivity contribution in [2.45, 2.75) is 33.4 Å². The van der Waals surface area contributed by atoms with Crippen molar-refractivity contribution in [1.29, 1.82) is 0 Å². The van der Waals surface area contributed by atoms with Gasteiger partial charge in [-0.2, -0.15) is 0 Å². The number of pyridine rings is 1. The normalized spacial score (nSPS) is 17.7. The Kier molecular flexibility index (Phi) is 6.77. The van der Waals surface area contributed by atoms with Crippen molar-refractivity contribution in [3.63, 3.8) is 0 Å². The fourth-order valence-electron chi connectivity index (χ4n) is 4.48. The third-order valence-electron chi connectivity index (χ3n) is 6.19. The van der Waals surface area contributed by atoms with Gasteiger partial charge in [0.05, 0.1) is 12.5 Å². The zero-order chi connectivity index (χ0) is 21.6. The molecule has 1 aliphatic heterocycles. The molecule has 1 unspecified atom stereocenters. The first kappa shape index (κ1) is 21.2. The fraction of sp³-hybridized carbons (Fsp3) is 0.400. The molecule has 0 saturated carbocycles. The number of amides is 1. The smallest absolute Gasteiger partial charge is 0.227 e. The average molecular weight is 418 g/mol. The highest BCUT2D eigenvalue weighted by Gasteiger charge is 2.30. The molecule has 1 atom stereocenters. The molecule has 2 aromatic heterocycles. The molecule has 0 N–H and O–H groups in total. The van der Waals surface area contributed by atoms with E-state index in [4.69, 9.17) is 0 Å². The number of rotatable bonds is 7. The van der Waals surface area contributed by atoms with E-state index in [1.807, 2.05) is 41.8 Å². The molecule has 0 aliphatic carbocycles. The monoisotopic (exact) mass is 417 g/mol. The van der Waals surface area contributed by atoms with Gasteiger partial charge >= 0.3 is 0 Å². The summed E-state index contributed by atoms with van der Waals surface area (Å²) in [7, 11) is 0. The summed E-state index contributed by atoms with van der Waals surface area (Å²) >= 11 is 0. The Morgan fingerprint density at radius 1 is 1.00 bits per heavy atom. The lowest BCUT2D eigenvalue weighted by Gasteiger charge is -2.24. The zero-order valence-corrected chi connectivity index (χ0v) is 18.4. The Morgan fingerprint density at radius 2 is 1.81 bits per heavy atom.